The average molecular weight is 435 g/mol. The minimum absolute atomic E-state index is 0.746. The molecule has 1 fully saturated rings. The molecule has 2 atom stereocenters. The van der Waals surface area contributed by atoms with Gasteiger partial charge in [-0.2, -0.15) is 0 Å². The molecule has 0 spiro atoms. The van der Waals surface area contributed by atoms with Crippen LogP contribution in [0.3, 0.4) is 0 Å². The van der Waals surface area contributed by atoms with Crippen LogP contribution in [0.5, 0.6) is 0 Å². The second kappa shape index (κ2) is 20.6. The van der Waals surface area contributed by atoms with Crippen molar-refractivity contribution >= 4 is 0 Å². The fourth-order valence-electron chi connectivity index (χ4n) is 6.48. The van der Waals surface area contributed by atoms with Crippen LogP contribution in [0.15, 0.2) is 0 Å². The first-order valence-corrected chi connectivity index (χ1v) is 15.3. The minimum atomic E-state index is 0.746. The van der Waals surface area contributed by atoms with E-state index in [1.165, 1.54) is 135 Å². The van der Waals surface area contributed by atoms with Crippen LogP contribution in [-0.2, 0) is 0 Å². The van der Waals surface area contributed by atoms with E-state index in [-0.39, 0.29) is 0 Å². The zero-order valence-corrected chi connectivity index (χ0v) is 22.5. The number of unbranched alkanes of at least 4 members (excludes halogenated alkanes) is 17. The van der Waals surface area contributed by atoms with Crippen LogP contribution in [0.25, 0.3) is 0 Å². The Morgan fingerprint density at radius 3 is 1.32 bits per heavy atom. The molecule has 0 bridgehead atoms. The largest absolute Gasteiger partial charge is 0.0654 e. The van der Waals surface area contributed by atoms with E-state index >= 15 is 0 Å². The van der Waals surface area contributed by atoms with E-state index < -0.39 is 0 Å². The molecule has 0 heteroatoms. The Morgan fingerprint density at radius 1 is 0.484 bits per heavy atom. The molecule has 0 aromatic rings. The summed E-state index contributed by atoms with van der Waals surface area (Å²) in [6, 6.07) is 0. The molecule has 0 amide bonds. The second-order valence-corrected chi connectivity index (χ2v) is 11.3. The first kappa shape index (κ1) is 29.0. The van der Waals surface area contributed by atoms with Gasteiger partial charge in [0.2, 0.25) is 0 Å². The fraction of sp³-hybridized carbons (Fsp3) is 1.00. The summed E-state index contributed by atoms with van der Waals surface area (Å²) in [5.74, 6) is 1.07. The van der Waals surface area contributed by atoms with E-state index in [0.717, 1.165) is 11.3 Å². The molecule has 0 N–H and O–H groups in total. The minimum Gasteiger partial charge on any atom is -0.0654 e. The predicted molar refractivity (Wildman–Crippen MR) is 143 cm³/mol. The van der Waals surface area contributed by atoms with Crippen LogP contribution in [0.2, 0.25) is 0 Å². The maximum Gasteiger partial charge on any atom is -0.0269 e. The van der Waals surface area contributed by atoms with Crippen molar-refractivity contribution in [3.05, 3.63) is 0 Å². The lowest BCUT2D eigenvalue weighted by atomic mass is 9.68. The van der Waals surface area contributed by atoms with Gasteiger partial charge < -0.3 is 0 Å². The van der Waals surface area contributed by atoms with Crippen LogP contribution in [0, 0.1) is 11.3 Å². The third-order valence-corrected chi connectivity index (χ3v) is 8.56. The normalized spacial score (nSPS) is 21.2. The Hall–Kier alpha value is 0. The molecular formula is C31H62. The van der Waals surface area contributed by atoms with E-state index in [1.807, 2.05) is 0 Å². The highest BCUT2D eigenvalue weighted by molar-refractivity contribution is 4.91. The molecule has 0 aromatic carbocycles. The lowest BCUT2D eigenvalue weighted by Crippen LogP contribution is -2.26. The first-order valence-electron chi connectivity index (χ1n) is 15.3. The van der Waals surface area contributed by atoms with Gasteiger partial charge in [-0.05, 0) is 43.4 Å². The average Bonchev–Trinajstić information content (AvgIpc) is 3.17. The highest BCUT2D eigenvalue weighted by atomic mass is 14.5. The van der Waals surface area contributed by atoms with Crippen molar-refractivity contribution in [3.63, 3.8) is 0 Å². The molecule has 1 rings (SSSR count). The number of rotatable bonds is 23. The summed E-state index contributed by atoms with van der Waals surface area (Å²) in [6.07, 6.45) is 38.8. The van der Waals surface area contributed by atoms with Crippen molar-refractivity contribution in [1.82, 2.24) is 0 Å². The first-order chi connectivity index (χ1) is 15.3. The van der Waals surface area contributed by atoms with Crippen LogP contribution in [-0.4, -0.2) is 0 Å². The molecule has 0 saturated heterocycles. The van der Waals surface area contributed by atoms with Crippen LogP contribution < -0.4 is 0 Å². The van der Waals surface area contributed by atoms with Crippen molar-refractivity contribution in [2.45, 2.75) is 188 Å². The van der Waals surface area contributed by atoms with Gasteiger partial charge in [-0.3, -0.25) is 0 Å². The summed E-state index contributed by atoms with van der Waals surface area (Å²) in [6.45, 7) is 7.00. The Labute approximate surface area is 199 Å². The van der Waals surface area contributed by atoms with Gasteiger partial charge in [0.05, 0.1) is 0 Å². The topological polar surface area (TPSA) is 0 Å². The van der Waals surface area contributed by atoms with Gasteiger partial charge in [0.1, 0.15) is 0 Å². The molecule has 1 aliphatic rings. The smallest absolute Gasteiger partial charge is 0.0269 e. The molecule has 2 unspecified atom stereocenters. The predicted octanol–water partition coefficient (Wildman–Crippen LogP) is 11.8. The fourth-order valence-corrected chi connectivity index (χ4v) is 6.48. The summed E-state index contributed by atoms with van der Waals surface area (Å²) >= 11 is 0. The Bertz CT molecular complexity index is 359. The molecule has 0 nitrogen and oxygen atoms in total. The zero-order chi connectivity index (χ0) is 22.5. The molecule has 0 radical (unpaired) electrons. The monoisotopic (exact) mass is 434 g/mol. The maximum atomic E-state index is 2.34. The SMILES string of the molecule is CCCCCCCCCCC1(CCCCCCCC)CCCC1CCCCCCCC. The van der Waals surface area contributed by atoms with E-state index in [1.54, 1.807) is 32.1 Å². The third-order valence-electron chi connectivity index (χ3n) is 8.56. The van der Waals surface area contributed by atoms with Crippen molar-refractivity contribution < 1.29 is 0 Å². The van der Waals surface area contributed by atoms with E-state index in [4.69, 9.17) is 0 Å². The standard InChI is InChI=1S/C31H62/c1-4-7-10-13-16-17-20-23-28-31(27-22-19-15-12-9-6-3)29-24-26-30(31)25-21-18-14-11-8-5-2/h30H,4-29H2,1-3H3. The van der Waals surface area contributed by atoms with Crippen molar-refractivity contribution in [3.8, 4) is 0 Å². The van der Waals surface area contributed by atoms with Crippen molar-refractivity contribution in [2.75, 3.05) is 0 Å². The van der Waals surface area contributed by atoms with Gasteiger partial charge in [0.15, 0.2) is 0 Å². The molecule has 31 heavy (non-hydrogen) atoms. The lowest BCUT2D eigenvalue weighted by molar-refractivity contribution is 0.141. The summed E-state index contributed by atoms with van der Waals surface area (Å²) in [5.41, 5.74) is 0.746. The van der Waals surface area contributed by atoms with E-state index in [9.17, 15) is 0 Å². The highest BCUT2D eigenvalue weighted by Gasteiger charge is 2.40. The Morgan fingerprint density at radius 2 is 0.871 bits per heavy atom. The van der Waals surface area contributed by atoms with Gasteiger partial charge in [-0.15, -0.1) is 0 Å². The molecule has 1 saturated carbocycles. The van der Waals surface area contributed by atoms with Crippen LogP contribution in [0.1, 0.15) is 188 Å². The van der Waals surface area contributed by atoms with Crippen molar-refractivity contribution in [2.24, 2.45) is 11.3 Å². The molecule has 0 heterocycles. The van der Waals surface area contributed by atoms with Gasteiger partial charge in [-0.1, -0.05) is 156 Å². The van der Waals surface area contributed by atoms with Gasteiger partial charge in [-0.25, -0.2) is 0 Å². The molecule has 1 aliphatic carbocycles. The summed E-state index contributed by atoms with van der Waals surface area (Å²) in [7, 11) is 0. The summed E-state index contributed by atoms with van der Waals surface area (Å²) < 4.78 is 0. The van der Waals surface area contributed by atoms with Crippen LogP contribution >= 0.6 is 0 Å². The number of hydrogen-bond donors (Lipinski definition) is 0. The Kier molecular flexibility index (Phi) is 19.3. The molecule has 0 aromatic heterocycles. The quantitative estimate of drug-likeness (QED) is 0.140. The Balaban J connectivity index is 2.39. The van der Waals surface area contributed by atoms with E-state index in [2.05, 4.69) is 20.8 Å². The van der Waals surface area contributed by atoms with E-state index in [0.29, 0.717) is 0 Å². The second-order valence-electron chi connectivity index (χ2n) is 11.3. The summed E-state index contributed by atoms with van der Waals surface area (Å²) in [5, 5.41) is 0. The lowest BCUT2D eigenvalue weighted by Gasteiger charge is -2.37. The van der Waals surface area contributed by atoms with Gasteiger partial charge in [0, 0.05) is 0 Å². The molecule has 0 aliphatic heterocycles. The van der Waals surface area contributed by atoms with Gasteiger partial charge in [0.25, 0.3) is 0 Å². The maximum absolute atomic E-state index is 2.34. The zero-order valence-electron chi connectivity index (χ0n) is 22.5. The van der Waals surface area contributed by atoms with Gasteiger partial charge >= 0.3 is 0 Å². The third kappa shape index (κ3) is 14.0. The highest BCUT2D eigenvalue weighted by Crippen LogP contribution is 2.52. The van der Waals surface area contributed by atoms with Crippen LogP contribution in [0.4, 0.5) is 0 Å². The summed E-state index contributed by atoms with van der Waals surface area (Å²) in [4.78, 5) is 0. The molecular weight excluding hydrogens is 372 g/mol. The molecule has 186 valence electrons. The van der Waals surface area contributed by atoms with Crippen molar-refractivity contribution in [1.29, 1.82) is 0 Å². The number of hydrogen-bond acceptors (Lipinski definition) is 0.